The van der Waals surface area contributed by atoms with Crippen LogP contribution in [0.15, 0.2) is 18.2 Å². The van der Waals surface area contributed by atoms with Gasteiger partial charge in [0.05, 0.1) is 24.2 Å². The highest BCUT2D eigenvalue weighted by Gasteiger charge is 2.44. The van der Waals surface area contributed by atoms with Crippen LogP contribution in [0.2, 0.25) is 5.02 Å². The SMILES string of the molecule is CC1(O)CCOC2(CCN(C(=O)Cc3c(F)cccc3Cl)CC2)C1. The highest BCUT2D eigenvalue weighted by Crippen LogP contribution is 2.39. The van der Waals surface area contributed by atoms with Gasteiger partial charge in [0, 0.05) is 30.1 Å². The number of hydrogen-bond donors (Lipinski definition) is 1. The van der Waals surface area contributed by atoms with E-state index < -0.39 is 11.4 Å². The first-order valence-corrected chi connectivity index (χ1v) is 8.75. The monoisotopic (exact) mass is 355 g/mol. The van der Waals surface area contributed by atoms with Crippen molar-refractivity contribution in [2.75, 3.05) is 19.7 Å². The lowest BCUT2D eigenvalue weighted by molar-refractivity contribution is -0.175. The maximum Gasteiger partial charge on any atom is 0.227 e. The van der Waals surface area contributed by atoms with Gasteiger partial charge in [-0.15, -0.1) is 0 Å². The zero-order valence-corrected chi connectivity index (χ0v) is 14.6. The third-order valence-electron chi connectivity index (χ3n) is 5.17. The zero-order valence-electron chi connectivity index (χ0n) is 13.9. The molecule has 0 radical (unpaired) electrons. The molecule has 4 nitrogen and oxygen atoms in total. The van der Waals surface area contributed by atoms with Crippen LogP contribution >= 0.6 is 11.6 Å². The van der Waals surface area contributed by atoms with Crippen molar-refractivity contribution >= 4 is 17.5 Å². The molecule has 2 fully saturated rings. The maximum absolute atomic E-state index is 13.8. The third kappa shape index (κ3) is 3.73. The van der Waals surface area contributed by atoms with Crippen LogP contribution in [0.4, 0.5) is 4.39 Å². The standard InChI is InChI=1S/C18H23ClFNO3/c1-17(23)7-10-24-18(12-17)5-8-21(9-6-18)16(22)11-13-14(19)3-2-4-15(13)20/h2-4,23H,5-12H2,1H3. The molecule has 0 aliphatic carbocycles. The number of benzene rings is 1. The van der Waals surface area contributed by atoms with E-state index >= 15 is 0 Å². The number of ether oxygens (including phenoxy) is 1. The van der Waals surface area contributed by atoms with Crippen LogP contribution in [-0.4, -0.2) is 46.8 Å². The summed E-state index contributed by atoms with van der Waals surface area (Å²) in [6.07, 6.45) is 2.60. The summed E-state index contributed by atoms with van der Waals surface area (Å²) in [6.45, 7) is 3.50. The lowest BCUT2D eigenvalue weighted by atomic mass is 9.78. The summed E-state index contributed by atoms with van der Waals surface area (Å²) in [6, 6.07) is 4.44. The zero-order chi connectivity index (χ0) is 17.4. The molecule has 132 valence electrons. The fraction of sp³-hybridized carbons (Fsp3) is 0.611. The Labute approximate surface area is 146 Å². The Balaban J connectivity index is 1.61. The van der Waals surface area contributed by atoms with Gasteiger partial charge in [-0.3, -0.25) is 4.79 Å². The first-order chi connectivity index (χ1) is 11.3. The van der Waals surface area contributed by atoms with Crippen molar-refractivity contribution in [3.63, 3.8) is 0 Å². The molecular formula is C18H23ClFNO3. The Morgan fingerprint density at radius 1 is 1.38 bits per heavy atom. The molecule has 1 spiro atoms. The van der Waals surface area contributed by atoms with Gasteiger partial charge in [0.15, 0.2) is 0 Å². The van der Waals surface area contributed by atoms with Crippen molar-refractivity contribution in [3.8, 4) is 0 Å². The van der Waals surface area contributed by atoms with E-state index in [9.17, 15) is 14.3 Å². The van der Waals surface area contributed by atoms with E-state index in [1.165, 1.54) is 12.1 Å². The number of amides is 1. The topological polar surface area (TPSA) is 49.8 Å². The molecule has 6 heteroatoms. The predicted molar refractivity (Wildman–Crippen MR) is 89.5 cm³/mol. The summed E-state index contributed by atoms with van der Waals surface area (Å²) in [5.41, 5.74) is -0.791. The van der Waals surface area contributed by atoms with Crippen LogP contribution in [0.5, 0.6) is 0 Å². The molecule has 1 aromatic rings. The lowest BCUT2D eigenvalue weighted by Gasteiger charge is -2.48. The molecule has 0 saturated carbocycles. The van der Waals surface area contributed by atoms with Gasteiger partial charge in [-0.05, 0) is 38.3 Å². The molecule has 1 unspecified atom stereocenters. The van der Waals surface area contributed by atoms with Crippen molar-refractivity contribution in [3.05, 3.63) is 34.6 Å². The van der Waals surface area contributed by atoms with Gasteiger partial charge in [0.25, 0.3) is 0 Å². The van der Waals surface area contributed by atoms with Crippen molar-refractivity contribution in [2.45, 2.75) is 50.2 Å². The number of aliphatic hydroxyl groups is 1. The van der Waals surface area contributed by atoms with E-state index in [0.29, 0.717) is 45.4 Å². The van der Waals surface area contributed by atoms with Crippen LogP contribution in [0, 0.1) is 5.82 Å². The van der Waals surface area contributed by atoms with Crippen molar-refractivity contribution in [1.29, 1.82) is 0 Å². The molecule has 1 aromatic carbocycles. The van der Waals surface area contributed by atoms with Crippen LogP contribution in [0.1, 0.15) is 38.2 Å². The highest BCUT2D eigenvalue weighted by molar-refractivity contribution is 6.31. The average Bonchev–Trinajstić information content (AvgIpc) is 2.50. The van der Waals surface area contributed by atoms with Crippen molar-refractivity contribution in [1.82, 2.24) is 4.90 Å². The normalized spacial score (nSPS) is 26.6. The largest absolute Gasteiger partial charge is 0.390 e. The van der Waals surface area contributed by atoms with Gasteiger partial charge in [0.2, 0.25) is 5.91 Å². The van der Waals surface area contributed by atoms with Gasteiger partial charge in [-0.2, -0.15) is 0 Å². The Kier molecular flexibility index (Phi) is 4.87. The molecule has 2 aliphatic rings. The van der Waals surface area contributed by atoms with Gasteiger partial charge in [-0.1, -0.05) is 17.7 Å². The van der Waals surface area contributed by atoms with Crippen LogP contribution < -0.4 is 0 Å². The fourth-order valence-corrected chi connectivity index (χ4v) is 4.00. The van der Waals surface area contributed by atoms with Gasteiger partial charge < -0.3 is 14.7 Å². The van der Waals surface area contributed by atoms with E-state index in [4.69, 9.17) is 16.3 Å². The second-order valence-corrected chi connectivity index (χ2v) is 7.62. The van der Waals surface area contributed by atoms with Crippen LogP contribution in [0.3, 0.4) is 0 Å². The minimum atomic E-state index is -0.703. The molecule has 24 heavy (non-hydrogen) atoms. The smallest absolute Gasteiger partial charge is 0.227 e. The van der Waals surface area contributed by atoms with Gasteiger partial charge >= 0.3 is 0 Å². The Morgan fingerprint density at radius 2 is 2.08 bits per heavy atom. The number of piperidine rings is 1. The van der Waals surface area contributed by atoms with Gasteiger partial charge in [-0.25, -0.2) is 4.39 Å². The molecule has 0 aromatic heterocycles. The summed E-state index contributed by atoms with van der Waals surface area (Å²) < 4.78 is 19.8. The molecule has 1 N–H and O–H groups in total. The van der Waals surface area contributed by atoms with E-state index in [0.717, 1.165) is 0 Å². The molecule has 1 amide bonds. The number of rotatable bonds is 2. The summed E-state index contributed by atoms with van der Waals surface area (Å²) in [4.78, 5) is 14.2. The third-order valence-corrected chi connectivity index (χ3v) is 5.52. The number of carbonyl (C=O) groups excluding carboxylic acids is 1. The molecule has 1 atom stereocenters. The summed E-state index contributed by atoms with van der Waals surface area (Å²) in [5.74, 6) is -0.574. The van der Waals surface area contributed by atoms with Crippen LogP contribution in [0.25, 0.3) is 0 Å². The first-order valence-electron chi connectivity index (χ1n) is 8.37. The number of carbonyl (C=O) groups is 1. The molecule has 2 heterocycles. The Morgan fingerprint density at radius 3 is 2.71 bits per heavy atom. The second kappa shape index (κ2) is 6.62. The van der Waals surface area contributed by atoms with E-state index in [1.807, 2.05) is 6.92 Å². The number of nitrogens with zero attached hydrogens (tertiary/aromatic N) is 1. The fourth-order valence-electron chi connectivity index (χ4n) is 3.77. The minimum Gasteiger partial charge on any atom is -0.390 e. The molecule has 2 aliphatic heterocycles. The quantitative estimate of drug-likeness (QED) is 0.887. The molecular weight excluding hydrogens is 333 g/mol. The summed E-state index contributed by atoms with van der Waals surface area (Å²) >= 11 is 6.00. The lowest BCUT2D eigenvalue weighted by Crippen LogP contribution is -2.54. The molecule has 0 bridgehead atoms. The number of likely N-dealkylation sites (tertiary alicyclic amines) is 1. The van der Waals surface area contributed by atoms with Crippen molar-refractivity contribution < 1.29 is 19.0 Å². The van der Waals surface area contributed by atoms with Gasteiger partial charge in [0.1, 0.15) is 5.82 Å². The molecule has 3 rings (SSSR count). The summed E-state index contributed by atoms with van der Waals surface area (Å²) in [5, 5.41) is 10.6. The highest BCUT2D eigenvalue weighted by atomic mass is 35.5. The predicted octanol–water partition coefficient (Wildman–Crippen LogP) is 2.94. The molecule has 2 saturated heterocycles. The summed E-state index contributed by atoms with van der Waals surface area (Å²) in [7, 11) is 0. The Bertz CT molecular complexity index is 606. The maximum atomic E-state index is 13.8. The number of hydrogen-bond acceptors (Lipinski definition) is 3. The minimum absolute atomic E-state index is 0.0307. The first kappa shape index (κ1) is 17.6. The average molecular weight is 356 g/mol. The second-order valence-electron chi connectivity index (χ2n) is 7.21. The van der Waals surface area contributed by atoms with E-state index in [1.54, 1.807) is 11.0 Å². The van der Waals surface area contributed by atoms with Crippen LogP contribution in [-0.2, 0) is 16.0 Å². The van der Waals surface area contributed by atoms with E-state index in [2.05, 4.69) is 0 Å². The number of halogens is 2. The Hall–Kier alpha value is -1.17. The van der Waals surface area contributed by atoms with E-state index in [-0.39, 0.29) is 28.5 Å². The van der Waals surface area contributed by atoms with Crippen molar-refractivity contribution in [2.24, 2.45) is 0 Å².